The molecule has 0 radical (unpaired) electrons. The number of furan rings is 1. The Morgan fingerprint density at radius 1 is 1.35 bits per heavy atom. The molecule has 1 amide bonds. The van der Waals surface area contributed by atoms with Crippen molar-refractivity contribution < 1.29 is 9.21 Å². The number of hydrogen-bond acceptors (Lipinski definition) is 3. The highest BCUT2D eigenvalue weighted by molar-refractivity contribution is 5.91. The van der Waals surface area contributed by atoms with Crippen molar-refractivity contribution in [2.45, 2.75) is 26.7 Å². The van der Waals surface area contributed by atoms with E-state index in [1.807, 2.05) is 0 Å². The highest BCUT2D eigenvalue weighted by atomic mass is 16.3. The maximum Gasteiger partial charge on any atom is 0.286 e. The lowest BCUT2D eigenvalue weighted by Crippen LogP contribution is -2.27. The summed E-state index contributed by atoms with van der Waals surface area (Å²) in [5, 5.41) is 2.84. The standard InChI is InChI=1S/C13H22N2O2/c1-3-15(4-2)10-6-5-9-14-13(16)12-8-7-11-17-12/h7-8,11H,3-6,9-10H2,1-2H3,(H,14,16). The van der Waals surface area contributed by atoms with Crippen LogP contribution in [0.25, 0.3) is 0 Å². The van der Waals surface area contributed by atoms with Crippen LogP contribution in [0.1, 0.15) is 37.2 Å². The number of nitrogens with zero attached hydrogens (tertiary/aromatic N) is 1. The van der Waals surface area contributed by atoms with E-state index in [-0.39, 0.29) is 5.91 Å². The monoisotopic (exact) mass is 238 g/mol. The summed E-state index contributed by atoms with van der Waals surface area (Å²) in [4.78, 5) is 13.9. The van der Waals surface area contributed by atoms with Gasteiger partial charge in [-0.1, -0.05) is 13.8 Å². The van der Waals surface area contributed by atoms with Crippen LogP contribution in [0, 0.1) is 0 Å². The second-order valence-electron chi connectivity index (χ2n) is 3.97. The number of nitrogens with one attached hydrogen (secondary N) is 1. The van der Waals surface area contributed by atoms with E-state index in [1.54, 1.807) is 12.1 Å². The van der Waals surface area contributed by atoms with Gasteiger partial charge in [0.1, 0.15) is 0 Å². The Morgan fingerprint density at radius 2 is 2.12 bits per heavy atom. The highest BCUT2D eigenvalue weighted by Crippen LogP contribution is 1.99. The van der Waals surface area contributed by atoms with Gasteiger partial charge in [0.15, 0.2) is 5.76 Å². The van der Waals surface area contributed by atoms with Crippen molar-refractivity contribution in [2.75, 3.05) is 26.2 Å². The van der Waals surface area contributed by atoms with E-state index in [1.165, 1.54) is 6.26 Å². The summed E-state index contributed by atoms with van der Waals surface area (Å²) in [6, 6.07) is 3.39. The highest BCUT2D eigenvalue weighted by Gasteiger charge is 2.06. The van der Waals surface area contributed by atoms with Crippen LogP contribution in [0.2, 0.25) is 0 Å². The zero-order valence-electron chi connectivity index (χ0n) is 10.7. The van der Waals surface area contributed by atoms with Crippen LogP contribution in [0.3, 0.4) is 0 Å². The van der Waals surface area contributed by atoms with E-state index in [0.29, 0.717) is 12.3 Å². The fourth-order valence-electron chi connectivity index (χ4n) is 1.70. The normalized spacial score (nSPS) is 10.8. The molecule has 0 aliphatic heterocycles. The molecule has 0 saturated heterocycles. The predicted molar refractivity (Wildman–Crippen MR) is 68.1 cm³/mol. The lowest BCUT2D eigenvalue weighted by Gasteiger charge is -2.17. The first-order valence-electron chi connectivity index (χ1n) is 6.32. The number of amides is 1. The maximum absolute atomic E-state index is 11.5. The third-order valence-electron chi connectivity index (χ3n) is 2.83. The van der Waals surface area contributed by atoms with E-state index >= 15 is 0 Å². The van der Waals surface area contributed by atoms with Gasteiger partial charge in [0, 0.05) is 6.54 Å². The predicted octanol–water partition coefficient (Wildman–Crippen LogP) is 2.13. The van der Waals surface area contributed by atoms with Crippen LogP contribution in [0.4, 0.5) is 0 Å². The van der Waals surface area contributed by atoms with Crippen LogP contribution in [-0.2, 0) is 0 Å². The molecule has 17 heavy (non-hydrogen) atoms. The largest absolute Gasteiger partial charge is 0.459 e. The van der Waals surface area contributed by atoms with Crippen LogP contribution in [0.5, 0.6) is 0 Å². The number of carbonyl (C=O) groups excluding carboxylic acids is 1. The van der Waals surface area contributed by atoms with Gasteiger partial charge in [-0.3, -0.25) is 4.79 Å². The Bertz CT molecular complexity index is 305. The van der Waals surface area contributed by atoms with Crippen LogP contribution in [-0.4, -0.2) is 37.0 Å². The van der Waals surface area contributed by atoms with Gasteiger partial charge in [-0.15, -0.1) is 0 Å². The number of carbonyl (C=O) groups is 1. The van der Waals surface area contributed by atoms with E-state index in [0.717, 1.165) is 32.5 Å². The first kappa shape index (κ1) is 13.8. The first-order chi connectivity index (χ1) is 8.27. The van der Waals surface area contributed by atoms with Gasteiger partial charge in [-0.2, -0.15) is 0 Å². The summed E-state index contributed by atoms with van der Waals surface area (Å²) in [5.41, 5.74) is 0. The fourth-order valence-corrected chi connectivity index (χ4v) is 1.70. The molecule has 4 heteroatoms. The smallest absolute Gasteiger partial charge is 0.286 e. The molecule has 1 heterocycles. The molecule has 4 nitrogen and oxygen atoms in total. The molecule has 0 spiro atoms. The van der Waals surface area contributed by atoms with Gasteiger partial charge in [-0.05, 0) is 44.6 Å². The molecule has 0 saturated carbocycles. The van der Waals surface area contributed by atoms with Crippen LogP contribution >= 0.6 is 0 Å². The minimum Gasteiger partial charge on any atom is -0.459 e. The first-order valence-corrected chi connectivity index (χ1v) is 6.32. The molecule has 0 aliphatic rings. The van der Waals surface area contributed by atoms with Gasteiger partial charge < -0.3 is 14.6 Å². The average Bonchev–Trinajstić information content (AvgIpc) is 2.87. The SMILES string of the molecule is CCN(CC)CCCCNC(=O)c1ccco1. The van der Waals surface area contributed by atoms with E-state index in [2.05, 4.69) is 24.1 Å². The average molecular weight is 238 g/mol. The molecule has 1 N–H and O–H groups in total. The molecule has 0 fully saturated rings. The summed E-state index contributed by atoms with van der Waals surface area (Å²) >= 11 is 0. The molecule has 1 aromatic rings. The zero-order chi connectivity index (χ0) is 12.5. The van der Waals surface area contributed by atoms with Crippen molar-refractivity contribution in [3.05, 3.63) is 24.2 Å². The van der Waals surface area contributed by atoms with Gasteiger partial charge in [-0.25, -0.2) is 0 Å². The van der Waals surface area contributed by atoms with Crippen molar-refractivity contribution in [3.8, 4) is 0 Å². The van der Waals surface area contributed by atoms with Crippen molar-refractivity contribution in [1.29, 1.82) is 0 Å². The van der Waals surface area contributed by atoms with Gasteiger partial charge in [0.05, 0.1) is 6.26 Å². The summed E-state index contributed by atoms with van der Waals surface area (Å²) in [7, 11) is 0. The molecule has 1 rings (SSSR count). The van der Waals surface area contributed by atoms with Crippen molar-refractivity contribution >= 4 is 5.91 Å². The minimum atomic E-state index is -0.127. The molecule has 0 aliphatic carbocycles. The molecule has 0 unspecified atom stereocenters. The van der Waals surface area contributed by atoms with E-state index in [9.17, 15) is 4.79 Å². The topological polar surface area (TPSA) is 45.5 Å². The quantitative estimate of drug-likeness (QED) is 0.706. The van der Waals surface area contributed by atoms with Crippen LogP contribution < -0.4 is 5.32 Å². The molecule has 0 aromatic carbocycles. The second kappa shape index (κ2) is 7.90. The molecular weight excluding hydrogens is 216 g/mol. The summed E-state index contributed by atoms with van der Waals surface area (Å²) in [5.74, 6) is 0.256. The third-order valence-corrected chi connectivity index (χ3v) is 2.83. The fraction of sp³-hybridized carbons (Fsp3) is 0.615. The molecule has 96 valence electrons. The van der Waals surface area contributed by atoms with Crippen molar-refractivity contribution in [1.82, 2.24) is 10.2 Å². The Labute approximate surface area is 103 Å². The number of unbranched alkanes of at least 4 members (excludes halogenated alkanes) is 1. The Balaban J connectivity index is 2.06. The van der Waals surface area contributed by atoms with Gasteiger partial charge in [0.2, 0.25) is 0 Å². The second-order valence-corrected chi connectivity index (χ2v) is 3.97. The number of hydrogen-bond donors (Lipinski definition) is 1. The van der Waals surface area contributed by atoms with E-state index in [4.69, 9.17) is 4.42 Å². The third kappa shape index (κ3) is 5.04. The summed E-state index contributed by atoms with van der Waals surface area (Å²) < 4.78 is 5.01. The Kier molecular flexibility index (Phi) is 6.40. The Morgan fingerprint density at radius 3 is 2.71 bits per heavy atom. The molecular formula is C13H22N2O2. The Hall–Kier alpha value is -1.29. The minimum absolute atomic E-state index is 0.127. The lowest BCUT2D eigenvalue weighted by atomic mass is 10.3. The van der Waals surface area contributed by atoms with Gasteiger partial charge >= 0.3 is 0 Å². The summed E-state index contributed by atoms with van der Waals surface area (Å²) in [6.45, 7) is 8.33. The lowest BCUT2D eigenvalue weighted by molar-refractivity contribution is 0.0925. The molecule has 1 aromatic heterocycles. The summed E-state index contributed by atoms with van der Waals surface area (Å²) in [6.07, 6.45) is 3.62. The maximum atomic E-state index is 11.5. The zero-order valence-corrected chi connectivity index (χ0v) is 10.7. The van der Waals surface area contributed by atoms with Gasteiger partial charge in [0.25, 0.3) is 5.91 Å². The van der Waals surface area contributed by atoms with E-state index < -0.39 is 0 Å². The number of rotatable bonds is 8. The molecule has 0 bridgehead atoms. The van der Waals surface area contributed by atoms with Crippen molar-refractivity contribution in [2.24, 2.45) is 0 Å². The van der Waals surface area contributed by atoms with Crippen LogP contribution in [0.15, 0.2) is 22.8 Å². The molecule has 0 atom stereocenters. The van der Waals surface area contributed by atoms with Crippen molar-refractivity contribution in [3.63, 3.8) is 0 Å².